The van der Waals surface area contributed by atoms with Gasteiger partial charge in [0, 0.05) is 33.9 Å². The van der Waals surface area contributed by atoms with E-state index in [0.717, 1.165) is 22.0 Å². The van der Waals surface area contributed by atoms with Crippen LogP contribution in [0.1, 0.15) is 15.9 Å². The molecule has 6 heteroatoms. The van der Waals surface area contributed by atoms with Crippen molar-refractivity contribution in [2.45, 2.75) is 0 Å². The Morgan fingerprint density at radius 1 is 0.867 bits per heavy atom. The van der Waals surface area contributed by atoms with Gasteiger partial charge in [-0.2, -0.15) is 0 Å². The molecule has 30 heavy (non-hydrogen) atoms. The maximum absolute atomic E-state index is 13.3. The molecule has 6 nitrogen and oxygen atoms in total. The smallest absolute Gasteiger partial charge is 0.203 e. The fraction of sp³-hybridized carbons (Fsp3) is 0.125. The number of benzene rings is 3. The number of hydrogen-bond donors (Lipinski definition) is 2. The standard InChI is InChI=1S/C24H22N2O4/c1-28-21-11-16(12-22(29-2)24(21)30-3)23(27)19-13-26-20-10-15(7-8-18(19)20)14-5-4-6-17(25)9-14/h4-13,26H,25H2,1-3H3. The molecule has 1 heterocycles. The third-order valence-electron chi connectivity index (χ3n) is 5.07. The molecular formula is C24H22N2O4. The molecule has 0 aliphatic rings. The number of anilines is 1. The van der Waals surface area contributed by atoms with Gasteiger partial charge >= 0.3 is 0 Å². The molecule has 0 spiro atoms. The van der Waals surface area contributed by atoms with Gasteiger partial charge in [-0.05, 0) is 41.5 Å². The van der Waals surface area contributed by atoms with Crippen molar-refractivity contribution >= 4 is 22.4 Å². The molecule has 4 aromatic rings. The molecular weight excluding hydrogens is 380 g/mol. The molecule has 3 N–H and O–H groups in total. The van der Waals surface area contributed by atoms with E-state index >= 15 is 0 Å². The van der Waals surface area contributed by atoms with Crippen LogP contribution in [-0.2, 0) is 0 Å². The van der Waals surface area contributed by atoms with Gasteiger partial charge in [0.15, 0.2) is 17.3 Å². The van der Waals surface area contributed by atoms with Crippen LogP contribution in [0.5, 0.6) is 17.2 Å². The number of nitrogens with one attached hydrogen (secondary N) is 1. The largest absolute Gasteiger partial charge is 0.493 e. The number of rotatable bonds is 6. The third kappa shape index (κ3) is 3.33. The second-order valence-electron chi connectivity index (χ2n) is 6.83. The number of hydrogen-bond acceptors (Lipinski definition) is 5. The summed E-state index contributed by atoms with van der Waals surface area (Å²) < 4.78 is 16.1. The minimum absolute atomic E-state index is 0.141. The van der Waals surface area contributed by atoms with Crippen molar-refractivity contribution in [3.8, 4) is 28.4 Å². The van der Waals surface area contributed by atoms with Gasteiger partial charge < -0.3 is 24.9 Å². The summed E-state index contributed by atoms with van der Waals surface area (Å²) in [6.07, 6.45) is 1.72. The Bertz CT molecular complexity index is 1220. The summed E-state index contributed by atoms with van der Waals surface area (Å²) in [7, 11) is 4.57. The predicted octanol–water partition coefficient (Wildman–Crippen LogP) is 4.67. The molecule has 0 fully saturated rings. The number of carbonyl (C=O) groups is 1. The van der Waals surface area contributed by atoms with Crippen molar-refractivity contribution < 1.29 is 19.0 Å². The Balaban J connectivity index is 1.76. The highest BCUT2D eigenvalue weighted by molar-refractivity contribution is 6.17. The second-order valence-corrected chi connectivity index (χ2v) is 6.83. The molecule has 0 amide bonds. The van der Waals surface area contributed by atoms with Gasteiger partial charge in [-0.3, -0.25) is 4.79 Å². The normalized spacial score (nSPS) is 10.8. The summed E-state index contributed by atoms with van der Waals surface area (Å²) in [6.45, 7) is 0. The fourth-order valence-electron chi connectivity index (χ4n) is 3.58. The van der Waals surface area contributed by atoms with E-state index in [9.17, 15) is 4.79 Å². The van der Waals surface area contributed by atoms with Crippen molar-refractivity contribution in [2.24, 2.45) is 0 Å². The number of ether oxygens (including phenoxy) is 3. The van der Waals surface area contributed by atoms with Crippen molar-refractivity contribution in [1.82, 2.24) is 4.98 Å². The monoisotopic (exact) mass is 402 g/mol. The quantitative estimate of drug-likeness (QED) is 0.361. The van der Waals surface area contributed by atoms with Gasteiger partial charge in [0.05, 0.1) is 21.3 Å². The highest BCUT2D eigenvalue weighted by Gasteiger charge is 2.20. The first kappa shape index (κ1) is 19.4. The summed E-state index contributed by atoms with van der Waals surface area (Å²) in [6, 6.07) is 16.9. The van der Waals surface area contributed by atoms with Crippen molar-refractivity contribution in [1.29, 1.82) is 0 Å². The molecule has 0 saturated heterocycles. The van der Waals surface area contributed by atoms with Crippen LogP contribution >= 0.6 is 0 Å². The van der Waals surface area contributed by atoms with Crippen LogP contribution in [-0.4, -0.2) is 32.1 Å². The van der Waals surface area contributed by atoms with Gasteiger partial charge in [0.2, 0.25) is 5.75 Å². The highest BCUT2D eigenvalue weighted by Crippen LogP contribution is 2.39. The molecule has 0 unspecified atom stereocenters. The number of H-pyrrole nitrogens is 1. The zero-order chi connectivity index (χ0) is 21.3. The maximum atomic E-state index is 13.3. The molecule has 152 valence electrons. The van der Waals surface area contributed by atoms with Crippen molar-refractivity contribution in [3.05, 3.63) is 71.9 Å². The first-order valence-corrected chi connectivity index (χ1v) is 9.37. The lowest BCUT2D eigenvalue weighted by Gasteiger charge is -2.13. The maximum Gasteiger partial charge on any atom is 0.203 e. The average molecular weight is 402 g/mol. The molecule has 0 radical (unpaired) electrons. The van der Waals surface area contributed by atoms with Crippen LogP contribution in [0, 0.1) is 0 Å². The van der Waals surface area contributed by atoms with Crippen LogP contribution in [0.3, 0.4) is 0 Å². The molecule has 4 rings (SSSR count). The lowest BCUT2D eigenvalue weighted by Crippen LogP contribution is -2.03. The Labute approximate surface area is 174 Å². The van der Waals surface area contributed by atoms with Crippen molar-refractivity contribution in [3.63, 3.8) is 0 Å². The van der Waals surface area contributed by atoms with Crippen molar-refractivity contribution in [2.75, 3.05) is 27.1 Å². The number of fused-ring (bicyclic) bond motifs is 1. The minimum Gasteiger partial charge on any atom is -0.493 e. The number of nitrogens with two attached hydrogens (primary N) is 1. The van der Waals surface area contributed by atoms with Crippen LogP contribution in [0.15, 0.2) is 60.8 Å². The van der Waals surface area contributed by atoms with Crippen LogP contribution < -0.4 is 19.9 Å². The number of carbonyl (C=O) groups excluding carboxylic acids is 1. The van der Waals surface area contributed by atoms with Crippen LogP contribution in [0.4, 0.5) is 5.69 Å². The SMILES string of the molecule is COc1cc(C(=O)c2c[nH]c3cc(-c4cccc(N)c4)ccc23)cc(OC)c1OC. The number of nitrogen functional groups attached to an aromatic ring is 1. The summed E-state index contributed by atoms with van der Waals surface area (Å²) in [5, 5.41) is 0.835. The Hall–Kier alpha value is -3.93. The Morgan fingerprint density at radius 3 is 2.20 bits per heavy atom. The lowest BCUT2D eigenvalue weighted by molar-refractivity contribution is 0.103. The van der Waals surface area contributed by atoms with Gasteiger partial charge in [0.25, 0.3) is 0 Å². The predicted molar refractivity (Wildman–Crippen MR) is 118 cm³/mol. The molecule has 1 aromatic heterocycles. The molecule has 0 aliphatic heterocycles. The van der Waals surface area contributed by atoms with E-state index < -0.39 is 0 Å². The molecule has 3 aromatic carbocycles. The van der Waals surface area contributed by atoms with E-state index in [1.165, 1.54) is 21.3 Å². The molecule has 0 atom stereocenters. The van der Waals surface area contributed by atoms with E-state index in [2.05, 4.69) is 4.98 Å². The van der Waals surface area contributed by atoms with Gasteiger partial charge in [0.1, 0.15) is 0 Å². The highest BCUT2D eigenvalue weighted by atomic mass is 16.5. The molecule has 0 saturated carbocycles. The summed E-state index contributed by atoms with van der Waals surface area (Å²) in [5.41, 5.74) is 10.5. The minimum atomic E-state index is -0.141. The average Bonchev–Trinajstić information content (AvgIpc) is 3.20. The molecule has 0 bridgehead atoms. The van der Waals surface area contributed by atoms with E-state index in [4.69, 9.17) is 19.9 Å². The summed E-state index contributed by atoms with van der Waals surface area (Å²) in [5.74, 6) is 1.17. The Morgan fingerprint density at radius 2 is 1.57 bits per heavy atom. The van der Waals surface area contributed by atoms with E-state index in [0.29, 0.717) is 34.1 Å². The van der Waals surface area contributed by atoms with Gasteiger partial charge in [-0.1, -0.05) is 24.3 Å². The number of aromatic amines is 1. The molecule has 0 aliphatic carbocycles. The zero-order valence-corrected chi connectivity index (χ0v) is 17.0. The van der Waals surface area contributed by atoms with Gasteiger partial charge in [-0.25, -0.2) is 0 Å². The third-order valence-corrected chi connectivity index (χ3v) is 5.07. The Kier molecular flexibility index (Phi) is 5.06. The lowest BCUT2D eigenvalue weighted by atomic mass is 9.99. The van der Waals surface area contributed by atoms with E-state index in [1.54, 1.807) is 18.3 Å². The number of aromatic nitrogens is 1. The van der Waals surface area contributed by atoms with Crippen LogP contribution in [0.2, 0.25) is 0 Å². The topological polar surface area (TPSA) is 86.6 Å². The summed E-state index contributed by atoms with van der Waals surface area (Å²) in [4.78, 5) is 16.5. The van der Waals surface area contributed by atoms with E-state index in [-0.39, 0.29) is 5.78 Å². The second kappa shape index (κ2) is 7.83. The number of ketones is 1. The zero-order valence-electron chi connectivity index (χ0n) is 17.0. The van der Waals surface area contributed by atoms with E-state index in [1.807, 2.05) is 42.5 Å². The van der Waals surface area contributed by atoms with Crippen LogP contribution in [0.25, 0.3) is 22.0 Å². The van der Waals surface area contributed by atoms with Gasteiger partial charge in [-0.15, -0.1) is 0 Å². The summed E-state index contributed by atoms with van der Waals surface area (Å²) >= 11 is 0. The first-order chi connectivity index (χ1) is 14.5. The first-order valence-electron chi connectivity index (χ1n) is 9.37. The number of methoxy groups -OCH3 is 3. The fourth-order valence-corrected chi connectivity index (χ4v) is 3.58.